The number of hydrogen-bond donors (Lipinski definition) is 1. The molecule has 0 aromatic heterocycles. The molecule has 0 heterocycles. The lowest BCUT2D eigenvalue weighted by molar-refractivity contribution is -0.118. The van der Waals surface area contributed by atoms with Crippen LogP contribution in [0.3, 0.4) is 0 Å². The first-order valence-corrected chi connectivity index (χ1v) is 8.84. The van der Waals surface area contributed by atoms with Gasteiger partial charge in [0.05, 0.1) is 0 Å². The van der Waals surface area contributed by atoms with Gasteiger partial charge in [0.15, 0.2) is 0 Å². The average molecular weight is 398 g/mol. The third-order valence-corrected chi connectivity index (χ3v) is 4.15. The molecule has 0 bridgehead atoms. The number of nitrogens with zero attached hydrogens (tertiary/aromatic N) is 1. The third-order valence-electron chi connectivity index (χ3n) is 3.53. The molecule has 1 N–H and O–H groups in total. The summed E-state index contributed by atoms with van der Waals surface area (Å²) in [4.78, 5) is 14.0. The van der Waals surface area contributed by atoms with E-state index < -0.39 is 9.96 Å². The van der Waals surface area contributed by atoms with E-state index in [-0.39, 0.29) is 5.91 Å². The summed E-state index contributed by atoms with van der Waals surface area (Å²) in [5, 5.41) is 2.75. The minimum absolute atomic E-state index is 0.333. The van der Waals surface area contributed by atoms with Crippen molar-refractivity contribution >= 4 is 46.8 Å². The summed E-state index contributed by atoms with van der Waals surface area (Å²) in [5.74, 6) is -0.333. The zero-order chi connectivity index (χ0) is 18.3. The van der Waals surface area contributed by atoms with E-state index in [0.29, 0.717) is 6.54 Å². The Morgan fingerprint density at radius 1 is 1.08 bits per heavy atom. The Kier molecular flexibility index (Phi) is 7.33. The van der Waals surface area contributed by atoms with Crippen molar-refractivity contribution in [1.29, 1.82) is 0 Å². The Balaban J connectivity index is 2.04. The van der Waals surface area contributed by atoms with Crippen LogP contribution in [0.25, 0.3) is 6.08 Å². The predicted molar refractivity (Wildman–Crippen MR) is 106 cm³/mol. The van der Waals surface area contributed by atoms with Gasteiger partial charge in [0.2, 0.25) is 9.70 Å². The second-order valence-electron chi connectivity index (χ2n) is 5.60. The highest BCUT2D eigenvalue weighted by atomic mass is 35.6. The monoisotopic (exact) mass is 396 g/mol. The molecule has 0 aliphatic carbocycles. The quantitative estimate of drug-likeness (QED) is 0.437. The Hall–Kier alpha value is -1.52. The second kappa shape index (κ2) is 9.25. The zero-order valence-electron chi connectivity index (χ0n) is 13.7. The molecule has 2 rings (SSSR count). The fourth-order valence-electron chi connectivity index (χ4n) is 2.32. The van der Waals surface area contributed by atoms with Gasteiger partial charge in [-0.2, -0.15) is 0 Å². The highest BCUT2D eigenvalue weighted by Crippen LogP contribution is 2.32. The van der Waals surface area contributed by atoms with Gasteiger partial charge in [-0.25, -0.2) is 0 Å². The molecule has 0 aliphatic heterocycles. The number of rotatable bonds is 6. The molecule has 3 nitrogen and oxygen atoms in total. The van der Waals surface area contributed by atoms with Gasteiger partial charge >= 0.3 is 0 Å². The fraction of sp³-hybridized carbons (Fsp3) is 0.211. The molecule has 0 saturated carbocycles. The lowest BCUT2D eigenvalue weighted by Gasteiger charge is -2.33. The minimum atomic E-state index is -1.67. The fourth-order valence-corrected chi connectivity index (χ4v) is 2.99. The summed E-state index contributed by atoms with van der Waals surface area (Å²) >= 11 is 18.2. The normalized spacial score (nSPS) is 13.2. The molecule has 1 atom stereocenters. The maximum atomic E-state index is 12.2. The molecule has 0 fully saturated rings. The van der Waals surface area contributed by atoms with E-state index in [1.807, 2.05) is 60.7 Å². The Bertz CT molecular complexity index is 700. The van der Waals surface area contributed by atoms with Crippen LogP contribution >= 0.6 is 34.8 Å². The summed E-state index contributed by atoms with van der Waals surface area (Å²) in [6.45, 7) is 0.530. The minimum Gasteiger partial charge on any atom is -0.333 e. The van der Waals surface area contributed by atoms with Crippen LogP contribution in [-0.2, 0) is 11.3 Å². The number of carbonyl (C=O) groups is 1. The van der Waals surface area contributed by atoms with E-state index >= 15 is 0 Å². The van der Waals surface area contributed by atoms with Crippen LogP contribution in [0, 0.1) is 0 Å². The molecule has 6 heteroatoms. The van der Waals surface area contributed by atoms with E-state index in [1.165, 1.54) is 6.08 Å². The van der Waals surface area contributed by atoms with Crippen LogP contribution in [0.4, 0.5) is 0 Å². The van der Waals surface area contributed by atoms with Crippen molar-refractivity contribution in [1.82, 2.24) is 10.2 Å². The summed E-state index contributed by atoms with van der Waals surface area (Å²) in [6, 6.07) is 19.3. The highest BCUT2D eigenvalue weighted by Gasteiger charge is 2.36. The largest absolute Gasteiger partial charge is 0.333 e. The van der Waals surface area contributed by atoms with Crippen LogP contribution in [-0.4, -0.2) is 27.8 Å². The third kappa shape index (κ3) is 6.71. The van der Waals surface area contributed by atoms with Gasteiger partial charge < -0.3 is 5.32 Å². The summed E-state index contributed by atoms with van der Waals surface area (Å²) in [6.07, 6.45) is 2.36. The van der Waals surface area contributed by atoms with Crippen molar-refractivity contribution in [2.24, 2.45) is 0 Å². The van der Waals surface area contributed by atoms with E-state index in [2.05, 4.69) is 5.32 Å². The summed E-state index contributed by atoms with van der Waals surface area (Å²) in [5.41, 5.74) is 1.97. The number of carbonyl (C=O) groups excluding carboxylic acids is 1. The van der Waals surface area contributed by atoms with E-state index in [9.17, 15) is 4.79 Å². The van der Waals surface area contributed by atoms with Crippen LogP contribution in [0.2, 0.25) is 0 Å². The van der Waals surface area contributed by atoms with Gasteiger partial charge in [-0.1, -0.05) is 95.5 Å². The molecule has 2 aromatic carbocycles. The molecule has 0 saturated heterocycles. The van der Waals surface area contributed by atoms with Crippen molar-refractivity contribution in [3.8, 4) is 0 Å². The standard InChI is InChI=1S/C19H19Cl3N2O/c1-24(14-16-10-6-3-7-11-16)18(19(20,21)22)23-17(25)13-12-15-8-4-2-5-9-15/h2-13,18H,14H2,1H3,(H,23,25)/b13-12+/t18-/m1/s1. The zero-order valence-corrected chi connectivity index (χ0v) is 16.0. The number of halogens is 3. The Labute approximate surface area is 163 Å². The molecule has 0 radical (unpaired) electrons. The first kappa shape index (κ1) is 19.8. The second-order valence-corrected chi connectivity index (χ2v) is 7.97. The smallest absolute Gasteiger partial charge is 0.245 e. The molecular weight excluding hydrogens is 379 g/mol. The number of hydrogen-bond acceptors (Lipinski definition) is 2. The van der Waals surface area contributed by atoms with E-state index in [0.717, 1.165) is 11.1 Å². The maximum Gasteiger partial charge on any atom is 0.245 e. The molecule has 25 heavy (non-hydrogen) atoms. The molecule has 0 spiro atoms. The SMILES string of the molecule is CN(Cc1ccccc1)[C@@H](NC(=O)/C=C/c1ccccc1)C(Cl)(Cl)Cl. The topological polar surface area (TPSA) is 32.3 Å². The van der Waals surface area contributed by atoms with Crippen molar-refractivity contribution < 1.29 is 4.79 Å². The molecule has 0 aliphatic rings. The number of benzene rings is 2. The van der Waals surface area contributed by atoms with Crippen LogP contribution in [0.5, 0.6) is 0 Å². The molecule has 0 unspecified atom stereocenters. The molecule has 2 aromatic rings. The van der Waals surface area contributed by atoms with Gasteiger partial charge in [0.1, 0.15) is 6.17 Å². The molecule has 1 amide bonds. The predicted octanol–water partition coefficient (Wildman–Crippen LogP) is 4.64. The van der Waals surface area contributed by atoms with Gasteiger partial charge in [0.25, 0.3) is 0 Å². The average Bonchev–Trinajstić information content (AvgIpc) is 2.58. The Morgan fingerprint density at radius 2 is 1.64 bits per heavy atom. The van der Waals surface area contributed by atoms with Gasteiger partial charge in [-0.15, -0.1) is 0 Å². The number of nitrogens with one attached hydrogen (secondary N) is 1. The van der Waals surface area contributed by atoms with Crippen LogP contribution in [0.1, 0.15) is 11.1 Å². The number of amides is 1. The van der Waals surface area contributed by atoms with Crippen LogP contribution in [0.15, 0.2) is 66.7 Å². The van der Waals surface area contributed by atoms with Gasteiger partial charge in [0, 0.05) is 12.6 Å². The molecular formula is C19H19Cl3N2O. The summed E-state index contributed by atoms with van der Waals surface area (Å²) in [7, 11) is 1.79. The Morgan fingerprint density at radius 3 is 2.20 bits per heavy atom. The highest BCUT2D eigenvalue weighted by molar-refractivity contribution is 6.68. The lowest BCUT2D eigenvalue weighted by Crippen LogP contribution is -2.53. The summed E-state index contributed by atoms with van der Waals surface area (Å²) < 4.78 is -1.67. The van der Waals surface area contributed by atoms with Crippen molar-refractivity contribution in [3.05, 3.63) is 77.9 Å². The lowest BCUT2D eigenvalue weighted by atomic mass is 10.2. The van der Waals surface area contributed by atoms with Gasteiger partial charge in [-0.05, 0) is 24.3 Å². The molecule has 132 valence electrons. The van der Waals surface area contributed by atoms with Crippen molar-refractivity contribution in [3.63, 3.8) is 0 Å². The van der Waals surface area contributed by atoms with Crippen LogP contribution < -0.4 is 5.32 Å². The van der Waals surface area contributed by atoms with Crippen molar-refractivity contribution in [2.75, 3.05) is 7.05 Å². The van der Waals surface area contributed by atoms with E-state index in [4.69, 9.17) is 34.8 Å². The maximum absolute atomic E-state index is 12.2. The van der Waals surface area contributed by atoms with Crippen molar-refractivity contribution in [2.45, 2.75) is 16.5 Å². The van der Waals surface area contributed by atoms with E-state index in [1.54, 1.807) is 18.0 Å². The van der Waals surface area contributed by atoms with Gasteiger partial charge in [-0.3, -0.25) is 9.69 Å². The first-order chi connectivity index (χ1) is 11.9. The first-order valence-electron chi connectivity index (χ1n) is 7.71. The number of alkyl halides is 3.